The monoisotopic (exact) mass is 300 g/mol. The van der Waals surface area contributed by atoms with Crippen LogP contribution in [0.15, 0.2) is 64.4 Å². The Bertz CT molecular complexity index is 603. The summed E-state index contributed by atoms with van der Waals surface area (Å²) in [6.45, 7) is 13.0. The van der Waals surface area contributed by atoms with Gasteiger partial charge in [0.2, 0.25) is 0 Å². The first-order chi connectivity index (χ1) is 10.4. The first-order valence-corrected chi connectivity index (χ1v) is 7.69. The van der Waals surface area contributed by atoms with Gasteiger partial charge in [-0.3, -0.25) is 4.99 Å². The molecule has 0 spiro atoms. The predicted octanol–water partition coefficient (Wildman–Crippen LogP) is 4.60. The molecule has 0 bridgehead atoms. The van der Waals surface area contributed by atoms with Crippen molar-refractivity contribution < 1.29 is 4.39 Å². The summed E-state index contributed by atoms with van der Waals surface area (Å²) in [5.41, 5.74) is 4.79. The highest BCUT2D eigenvalue weighted by atomic mass is 19.1. The zero-order valence-electron chi connectivity index (χ0n) is 13.9. The lowest BCUT2D eigenvalue weighted by atomic mass is 9.87. The van der Waals surface area contributed by atoms with Gasteiger partial charge in [0.15, 0.2) is 6.80 Å². The van der Waals surface area contributed by atoms with Crippen LogP contribution in [0.5, 0.6) is 0 Å². The molecule has 22 heavy (non-hydrogen) atoms. The van der Waals surface area contributed by atoms with E-state index in [1.165, 1.54) is 11.1 Å². The molecule has 0 amide bonds. The predicted molar refractivity (Wildman–Crippen MR) is 92.6 cm³/mol. The quantitative estimate of drug-likeness (QED) is 0.412. The number of allylic oxidation sites excluding steroid dienone is 5. The van der Waals surface area contributed by atoms with Crippen LogP contribution in [-0.4, -0.2) is 30.5 Å². The van der Waals surface area contributed by atoms with Crippen molar-refractivity contribution in [1.29, 1.82) is 0 Å². The molecule has 3 heteroatoms. The minimum atomic E-state index is -0.689. The van der Waals surface area contributed by atoms with Crippen molar-refractivity contribution in [1.82, 2.24) is 4.90 Å². The highest BCUT2D eigenvalue weighted by Gasteiger charge is 2.37. The molecule has 1 aliphatic carbocycles. The molecule has 0 fully saturated rings. The summed E-state index contributed by atoms with van der Waals surface area (Å²) in [7, 11) is 0. The van der Waals surface area contributed by atoms with Crippen molar-refractivity contribution in [2.24, 2.45) is 10.4 Å². The maximum Gasteiger partial charge on any atom is 0.179 e. The zero-order valence-corrected chi connectivity index (χ0v) is 13.9. The summed E-state index contributed by atoms with van der Waals surface area (Å²) < 4.78 is 12.4. The van der Waals surface area contributed by atoms with Crippen LogP contribution in [0.25, 0.3) is 0 Å². The molecule has 2 aliphatic rings. The third-order valence-electron chi connectivity index (χ3n) is 4.50. The molecule has 0 radical (unpaired) electrons. The van der Waals surface area contributed by atoms with E-state index in [1.807, 2.05) is 25.2 Å². The number of hydrogen-bond acceptors (Lipinski definition) is 2. The van der Waals surface area contributed by atoms with Gasteiger partial charge < -0.3 is 4.90 Å². The summed E-state index contributed by atoms with van der Waals surface area (Å²) in [6.07, 6.45) is 11.9. The number of hydrogen-bond donors (Lipinski definition) is 0. The van der Waals surface area contributed by atoms with Gasteiger partial charge in [-0.2, -0.15) is 0 Å². The van der Waals surface area contributed by atoms with Crippen LogP contribution in [0.4, 0.5) is 4.39 Å². The van der Waals surface area contributed by atoms with E-state index in [4.69, 9.17) is 0 Å². The molecule has 0 aromatic rings. The minimum absolute atomic E-state index is 0.0902. The van der Waals surface area contributed by atoms with E-state index < -0.39 is 6.80 Å². The van der Waals surface area contributed by atoms with Crippen molar-refractivity contribution in [2.75, 3.05) is 13.3 Å². The molecule has 0 aromatic heterocycles. The van der Waals surface area contributed by atoms with Gasteiger partial charge in [-0.1, -0.05) is 50.8 Å². The Labute approximate surface area is 133 Å². The van der Waals surface area contributed by atoms with Gasteiger partial charge in [0.25, 0.3) is 0 Å². The van der Waals surface area contributed by atoms with E-state index in [0.29, 0.717) is 0 Å². The maximum absolute atomic E-state index is 12.4. The third kappa shape index (κ3) is 2.99. The lowest BCUT2D eigenvalue weighted by Crippen LogP contribution is -2.33. The maximum atomic E-state index is 12.4. The van der Waals surface area contributed by atoms with Crippen LogP contribution < -0.4 is 0 Å². The second kappa shape index (κ2) is 6.47. The Morgan fingerprint density at radius 2 is 2.27 bits per heavy atom. The van der Waals surface area contributed by atoms with Gasteiger partial charge in [0.1, 0.15) is 0 Å². The van der Waals surface area contributed by atoms with Crippen LogP contribution >= 0.6 is 0 Å². The van der Waals surface area contributed by atoms with Crippen molar-refractivity contribution in [3.8, 4) is 0 Å². The summed E-state index contributed by atoms with van der Waals surface area (Å²) in [5.74, 6) is 0. The molecular formula is C19H25FN2. The van der Waals surface area contributed by atoms with Crippen molar-refractivity contribution >= 4 is 6.21 Å². The highest BCUT2D eigenvalue weighted by molar-refractivity contribution is 5.81. The summed E-state index contributed by atoms with van der Waals surface area (Å²) >= 11 is 0. The van der Waals surface area contributed by atoms with Crippen LogP contribution in [-0.2, 0) is 0 Å². The number of aliphatic imine (C=N–C) groups is 1. The molecule has 2 rings (SSSR count). The minimum Gasteiger partial charge on any atom is -0.361 e. The molecule has 2 nitrogen and oxygen atoms in total. The second-order valence-corrected chi connectivity index (χ2v) is 6.32. The standard InChI is InChI=1S/C19H25FN2/c1-6-7-8-16(11-21-13-20)14(2)22-12-18-17(15(22)3)9-10-19(18,4)5/h6-11,14H,3,12-13H2,1-2,4-5H3/b7-6+,16-8+,21-11-. The summed E-state index contributed by atoms with van der Waals surface area (Å²) in [6, 6.07) is 0.105. The summed E-state index contributed by atoms with van der Waals surface area (Å²) in [5, 5.41) is 0. The van der Waals surface area contributed by atoms with E-state index in [-0.39, 0.29) is 11.5 Å². The number of rotatable bonds is 5. The van der Waals surface area contributed by atoms with Gasteiger partial charge in [0.05, 0.1) is 6.04 Å². The molecule has 118 valence electrons. The average molecular weight is 300 g/mol. The summed E-state index contributed by atoms with van der Waals surface area (Å²) in [4.78, 5) is 6.04. The fourth-order valence-corrected chi connectivity index (χ4v) is 3.01. The third-order valence-corrected chi connectivity index (χ3v) is 4.50. The van der Waals surface area contributed by atoms with E-state index in [2.05, 4.69) is 49.4 Å². The van der Waals surface area contributed by atoms with E-state index in [1.54, 1.807) is 6.21 Å². The molecular weight excluding hydrogens is 275 g/mol. The Morgan fingerprint density at radius 3 is 2.86 bits per heavy atom. The average Bonchev–Trinajstić information content (AvgIpc) is 2.97. The Balaban J connectivity index is 2.24. The van der Waals surface area contributed by atoms with E-state index in [9.17, 15) is 4.39 Å². The van der Waals surface area contributed by atoms with Gasteiger partial charge in [0, 0.05) is 23.9 Å². The van der Waals surface area contributed by atoms with Crippen LogP contribution in [0.1, 0.15) is 27.7 Å². The first kappa shape index (κ1) is 16.5. The molecule has 1 unspecified atom stereocenters. The molecule has 0 N–H and O–H groups in total. The van der Waals surface area contributed by atoms with Crippen molar-refractivity contribution in [3.63, 3.8) is 0 Å². The second-order valence-electron chi connectivity index (χ2n) is 6.32. The highest BCUT2D eigenvalue weighted by Crippen LogP contribution is 2.45. The van der Waals surface area contributed by atoms with Gasteiger partial charge in [-0.15, -0.1) is 0 Å². The SMILES string of the molecule is C=C1C2=C(CN1C(C)C(/C=N\CF)=C/C=C/C)C(C)(C)C=C2. The fourth-order valence-electron chi connectivity index (χ4n) is 3.01. The van der Waals surface area contributed by atoms with Gasteiger partial charge in [-0.25, -0.2) is 4.39 Å². The van der Waals surface area contributed by atoms with Crippen LogP contribution in [0, 0.1) is 5.41 Å². The zero-order chi connectivity index (χ0) is 16.3. The number of halogens is 1. The van der Waals surface area contributed by atoms with Crippen molar-refractivity contribution in [2.45, 2.75) is 33.7 Å². The van der Waals surface area contributed by atoms with Crippen molar-refractivity contribution in [3.05, 3.63) is 59.4 Å². The fraction of sp³-hybridized carbons (Fsp3) is 0.421. The largest absolute Gasteiger partial charge is 0.361 e. The molecule has 1 aliphatic heterocycles. The first-order valence-electron chi connectivity index (χ1n) is 7.69. The molecule has 1 heterocycles. The van der Waals surface area contributed by atoms with Gasteiger partial charge in [-0.05, 0) is 30.6 Å². The topological polar surface area (TPSA) is 15.6 Å². The Morgan fingerprint density at radius 1 is 1.55 bits per heavy atom. The number of nitrogens with zero attached hydrogens (tertiary/aromatic N) is 2. The van der Waals surface area contributed by atoms with E-state index in [0.717, 1.165) is 17.8 Å². The van der Waals surface area contributed by atoms with E-state index >= 15 is 0 Å². The Kier molecular flexibility index (Phi) is 4.84. The Hall–Kier alpha value is -1.90. The van der Waals surface area contributed by atoms with Gasteiger partial charge >= 0.3 is 0 Å². The molecule has 0 saturated heterocycles. The lowest BCUT2D eigenvalue weighted by molar-refractivity contribution is 0.338. The normalized spacial score (nSPS) is 22.5. The smallest absolute Gasteiger partial charge is 0.179 e. The number of alkyl halides is 1. The molecule has 0 aromatic carbocycles. The lowest BCUT2D eigenvalue weighted by Gasteiger charge is -2.31. The molecule has 0 saturated carbocycles. The van der Waals surface area contributed by atoms with Crippen LogP contribution in [0.3, 0.4) is 0 Å². The molecule has 1 atom stereocenters. The van der Waals surface area contributed by atoms with Crippen LogP contribution in [0.2, 0.25) is 0 Å².